The number of anilines is 1. The molecule has 1 atom stereocenters. The van der Waals surface area contributed by atoms with Crippen molar-refractivity contribution in [1.29, 1.82) is 0 Å². The van der Waals surface area contributed by atoms with Crippen molar-refractivity contribution >= 4 is 29.9 Å². The number of carbonyl (C=O) groups excluding carboxylic acids is 2. The Bertz CT molecular complexity index is 1150. The lowest BCUT2D eigenvalue weighted by Gasteiger charge is -2.38. The summed E-state index contributed by atoms with van der Waals surface area (Å²) in [5.74, 6) is 1.35. The third-order valence-electron chi connectivity index (χ3n) is 8.15. The van der Waals surface area contributed by atoms with E-state index in [1.807, 2.05) is 41.8 Å². The second kappa shape index (κ2) is 14.4. The molecule has 2 aromatic carbocycles. The predicted molar refractivity (Wildman–Crippen MR) is 169 cm³/mol. The first-order valence-corrected chi connectivity index (χ1v) is 15.0. The molecule has 0 saturated carbocycles. The van der Waals surface area contributed by atoms with E-state index in [0.29, 0.717) is 37.8 Å². The molecular formula is C33H49ClN4O3. The third kappa shape index (κ3) is 8.39. The molecule has 2 aliphatic heterocycles. The maximum atomic E-state index is 13.8. The summed E-state index contributed by atoms with van der Waals surface area (Å²) in [7, 11) is 0. The van der Waals surface area contributed by atoms with Crippen LogP contribution < -0.4 is 15.0 Å². The molecule has 2 amide bonds. The smallest absolute Gasteiger partial charge is 0.266 e. The standard InChI is InChI=1S/C33H48N4O3.ClH/c1-24(2)27-14-12-26(13-15-27)22-37(25(3)4)31(38)28-9-8-18-36(23-28)29-10-7-11-30(21-29)40-33(5,6)32(39)35-19-16-34-17-20-35;/h7,10-15,21,24-25,28,34H,8-9,16-20,22-23H2,1-6H3;1H/t28-;/m1./s1. The van der Waals surface area contributed by atoms with Gasteiger partial charge in [-0.1, -0.05) is 44.2 Å². The Morgan fingerprint density at radius 3 is 2.34 bits per heavy atom. The average Bonchev–Trinajstić information content (AvgIpc) is 2.95. The summed E-state index contributed by atoms with van der Waals surface area (Å²) in [6, 6.07) is 16.8. The molecule has 2 heterocycles. The molecular weight excluding hydrogens is 536 g/mol. The fourth-order valence-corrected chi connectivity index (χ4v) is 5.70. The van der Waals surface area contributed by atoms with E-state index in [9.17, 15) is 9.59 Å². The van der Waals surface area contributed by atoms with E-state index in [-0.39, 0.29) is 36.2 Å². The summed E-state index contributed by atoms with van der Waals surface area (Å²) >= 11 is 0. The zero-order valence-electron chi connectivity index (χ0n) is 25.7. The Morgan fingerprint density at radius 1 is 1.02 bits per heavy atom. The van der Waals surface area contributed by atoms with Gasteiger partial charge in [0.15, 0.2) is 5.60 Å². The van der Waals surface area contributed by atoms with Gasteiger partial charge in [-0.3, -0.25) is 9.59 Å². The minimum Gasteiger partial charge on any atom is -0.478 e. The number of piperazine rings is 1. The lowest BCUT2D eigenvalue weighted by molar-refractivity contribution is -0.146. The van der Waals surface area contributed by atoms with Gasteiger partial charge in [-0.25, -0.2) is 0 Å². The van der Waals surface area contributed by atoms with Gasteiger partial charge in [-0.05, 0) is 69.7 Å². The first-order valence-electron chi connectivity index (χ1n) is 15.0. The van der Waals surface area contributed by atoms with Crippen molar-refractivity contribution in [3.8, 4) is 5.75 Å². The summed E-state index contributed by atoms with van der Waals surface area (Å²) in [5, 5.41) is 3.29. The van der Waals surface area contributed by atoms with Crippen molar-refractivity contribution in [2.45, 2.75) is 78.5 Å². The largest absolute Gasteiger partial charge is 0.478 e. The van der Waals surface area contributed by atoms with Crippen LogP contribution in [0.4, 0.5) is 5.69 Å². The summed E-state index contributed by atoms with van der Waals surface area (Å²) in [4.78, 5) is 33.1. The molecule has 0 aliphatic carbocycles. The average molecular weight is 585 g/mol. The van der Waals surface area contributed by atoms with Gasteiger partial charge in [0.25, 0.3) is 5.91 Å². The Balaban J connectivity index is 0.00000462. The highest BCUT2D eigenvalue weighted by Gasteiger charge is 2.35. The Morgan fingerprint density at radius 2 is 1.71 bits per heavy atom. The molecule has 2 saturated heterocycles. The van der Waals surface area contributed by atoms with Crippen molar-refractivity contribution in [1.82, 2.24) is 15.1 Å². The van der Waals surface area contributed by atoms with Crippen molar-refractivity contribution in [3.63, 3.8) is 0 Å². The van der Waals surface area contributed by atoms with Crippen LogP contribution in [0.2, 0.25) is 0 Å². The highest BCUT2D eigenvalue weighted by Crippen LogP contribution is 2.30. The van der Waals surface area contributed by atoms with Crippen LogP contribution in [0, 0.1) is 5.92 Å². The summed E-state index contributed by atoms with van der Waals surface area (Å²) in [6.45, 7) is 17.5. The number of carbonyl (C=O) groups is 2. The van der Waals surface area contributed by atoms with Crippen LogP contribution in [0.1, 0.15) is 71.4 Å². The monoisotopic (exact) mass is 584 g/mol. The van der Waals surface area contributed by atoms with Crippen LogP contribution >= 0.6 is 12.4 Å². The number of piperidine rings is 1. The van der Waals surface area contributed by atoms with Gasteiger partial charge in [0, 0.05) is 63.6 Å². The van der Waals surface area contributed by atoms with Crippen LogP contribution in [-0.4, -0.2) is 72.5 Å². The van der Waals surface area contributed by atoms with Crippen molar-refractivity contribution in [2.75, 3.05) is 44.2 Å². The zero-order chi connectivity index (χ0) is 28.9. The summed E-state index contributed by atoms with van der Waals surface area (Å²) in [6.07, 6.45) is 1.86. The number of halogens is 1. The van der Waals surface area contributed by atoms with E-state index < -0.39 is 5.60 Å². The van der Waals surface area contributed by atoms with Crippen molar-refractivity contribution < 1.29 is 14.3 Å². The van der Waals surface area contributed by atoms with E-state index in [0.717, 1.165) is 38.2 Å². The van der Waals surface area contributed by atoms with Gasteiger partial charge >= 0.3 is 0 Å². The first kappa shape index (κ1) is 32.7. The molecule has 41 heavy (non-hydrogen) atoms. The van der Waals surface area contributed by atoms with Gasteiger partial charge in [0.1, 0.15) is 5.75 Å². The molecule has 0 spiro atoms. The number of rotatable bonds is 9. The SMILES string of the molecule is CC(C)c1ccc(CN(C(=O)[C@@H]2CCCN(c3cccc(OC(C)(C)C(=O)N4CCNCC4)c3)C2)C(C)C)cc1.Cl. The number of nitrogens with zero attached hydrogens (tertiary/aromatic N) is 3. The van der Waals surface area contributed by atoms with E-state index in [1.54, 1.807) is 0 Å². The van der Waals surface area contributed by atoms with Crippen LogP contribution in [0.25, 0.3) is 0 Å². The quantitative estimate of drug-likeness (QED) is 0.423. The molecule has 2 fully saturated rings. The number of hydrogen-bond acceptors (Lipinski definition) is 5. The van der Waals surface area contributed by atoms with E-state index >= 15 is 0 Å². The van der Waals surface area contributed by atoms with Crippen LogP contribution in [0.15, 0.2) is 48.5 Å². The number of hydrogen-bond donors (Lipinski definition) is 1. The predicted octanol–water partition coefficient (Wildman–Crippen LogP) is 5.47. The number of nitrogens with one attached hydrogen (secondary N) is 1. The number of ether oxygens (including phenoxy) is 1. The maximum Gasteiger partial charge on any atom is 0.266 e. The molecule has 0 bridgehead atoms. The molecule has 0 aromatic heterocycles. The lowest BCUT2D eigenvalue weighted by atomic mass is 9.95. The molecule has 0 unspecified atom stereocenters. The summed E-state index contributed by atoms with van der Waals surface area (Å²) in [5.41, 5.74) is 2.56. The lowest BCUT2D eigenvalue weighted by Crippen LogP contribution is -2.54. The van der Waals surface area contributed by atoms with Gasteiger partial charge in [0.05, 0.1) is 5.92 Å². The van der Waals surface area contributed by atoms with E-state index in [4.69, 9.17) is 4.74 Å². The van der Waals surface area contributed by atoms with Crippen LogP contribution in [-0.2, 0) is 16.1 Å². The topological polar surface area (TPSA) is 65.1 Å². The van der Waals surface area contributed by atoms with E-state index in [2.05, 4.69) is 68.2 Å². The van der Waals surface area contributed by atoms with Gasteiger partial charge < -0.3 is 24.8 Å². The Hall–Kier alpha value is -2.77. The molecule has 4 rings (SSSR count). The molecule has 2 aliphatic rings. The fraction of sp³-hybridized carbons (Fsp3) is 0.576. The minimum atomic E-state index is -0.957. The van der Waals surface area contributed by atoms with E-state index in [1.165, 1.54) is 11.1 Å². The fourth-order valence-electron chi connectivity index (χ4n) is 5.70. The highest BCUT2D eigenvalue weighted by atomic mass is 35.5. The number of benzene rings is 2. The molecule has 0 radical (unpaired) electrons. The second-order valence-electron chi connectivity index (χ2n) is 12.4. The van der Waals surface area contributed by atoms with Gasteiger partial charge in [0.2, 0.25) is 5.91 Å². The molecule has 2 aromatic rings. The van der Waals surface area contributed by atoms with Crippen molar-refractivity contribution in [3.05, 3.63) is 59.7 Å². The highest BCUT2D eigenvalue weighted by molar-refractivity contribution is 5.85. The van der Waals surface area contributed by atoms with Gasteiger partial charge in [-0.2, -0.15) is 0 Å². The number of amides is 2. The normalized spacial score (nSPS) is 17.8. The van der Waals surface area contributed by atoms with Gasteiger partial charge in [-0.15, -0.1) is 12.4 Å². The summed E-state index contributed by atoms with van der Waals surface area (Å²) < 4.78 is 6.27. The van der Waals surface area contributed by atoms with Crippen LogP contribution in [0.5, 0.6) is 5.75 Å². The molecule has 226 valence electrons. The molecule has 1 N–H and O–H groups in total. The zero-order valence-corrected chi connectivity index (χ0v) is 26.5. The first-order chi connectivity index (χ1) is 19.0. The molecule has 8 heteroatoms. The minimum absolute atomic E-state index is 0. The van der Waals surface area contributed by atoms with Crippen molar-refractivity contribution in [2.24, 2.45) is 5.92 Å². The Kier molecular flexibility index (Phi) is 11.5. The molecule has 7 nitrogen and oxygen atoms in total. The maximum absolute atomic E-state index is 13.8. The third-order valence-corrected chi connectivity index (χ3v) is 8.15. The second-order valence-corrected chi connectivity index (χ2v) is 12.4. The van der Waals surface area contributed by atoms with Crippen LogP contribution in [0.3, 0.4) is 0 Å². The Labute approximate surface area is 253 Å².